The SMILES string of the molecule is CC1(C)OC(c2ccco2)CN1C(=O)C(Cl)Cl.CCOCN(C(=O)CCl)c1c(C)cccc1CC.CP(=O)(O)CCC(N)C(=O)O.C[C@H](OC(=O)c1cc(Oc2ccc(C(F)(F)F)cc2Cl)ccc1Cl)C(=O)O. The average Bonchev–Trinajstić information content (AvgIpc) is 3.97. The van der Waals surface area contributed by atoms with Crippen molar-refractivity contribution in [2.45, 2.75) is 89.4 Å². The number of alkyl halides is 6. The first-order valence-corrected chi connectivity index (χ1v) is 26.2. The summed E-state index contributed by atoms with van der Waals surface area (Å²) >= 11 is 28.6. The summed E-state index contributed by atoms with van der Waals surface area (Å²) < 4.78 is 75.2. The molecule has 26 heteroatoms. The summed E-state index contributed by atoms with van der Waals surface area (Å²) in [5.41, 5.74) is 6.36. The molecule has 1 aliphatic heterocycles. The predicted molar refractivity (Wildman–Crippen MR) is 270 cm³/mol. The number of carbonyl (C=O) groups is 5. The number of hydrogen-bond donors (Lipinski definition) is 4. The number of aliphatic carboxylic acids is 2. The maximum atomic E-state index is 12.7. The Bertz CT molecular complexity index is 2530. The van der Waals surface area contributed by atoms with Gasteiger partial charge >= 0.3 is 24.1 Å². The van der Waals surface area contributed by atoms with Crippen LogP contribution in [0.4, 0.5) is 18.9 Å². The van der Waals surface area contributed by atoms with Gasteiger partial charge in [0.05, 0.1) is 39.7 Å². The standard InChI is InChI=1S/C17H11Cl2F3O5.C14H20ClNO2.C11H13Cl2NO3.C5H12NO4P/c1-8(15(23)24)26-16(25)11-7-10(3-4-12(11)18)27-14-5-2-9(6-13(14)19)17(20,21)22;1-4-12-8-6-7-11(3)14(12)16(10-18-5-2)13(17)9-15;1-11(2)14(10(15)9(12)13)6-8(17-11)7-4-3-5-16-7;1-11(9,10)3-2-4(6)5(7)8/h2-8H,1H3,(H,23,24);6-8H,4-5,9-10H2,1-3H3;3-5,8-9H,6H2,1-2H3;4H,2-3,6H2,1H3,(H,7,8)(H,9,10)/t8-;;;/m0.../s1. The van der Waals surface area contributed by atoms with Gasteiger partial charge in [-0.1, -0.05) is 71.5 Å². The molecule has 404 valence electrons. The molecule has 2 amide bonds. The fraction of sp³-hybridized carbons (Fsp3) is 0.426. The molecule has 1 aromatic heterocycles. The van der Waals surface area contributed by atoms with Crippen LogP contribution in [0.15, 0.2) is 77.4 Å². The molecule has 0 radical (unpaired) electrons. The monoisotopic (exact) mass is 1150 g/mol. The smallest absolute Gasteiger partial charge is 0.416 e. The number of anilines is 1. The Balaban J connectivity index is 0.000000350. The number of esters is 1. The summed E-state index contributed by atoms with van der Waals surface area (Å²) in [4.78, 5) is 67.5. The zero-order chi connectivity index (χ0) is 55.6. The normalized spacial score (nSPS) is 15.4. The third-order valence-corrected chi connectivity index (χ3v) is 12.3. The molecule has 4 atom stereocenters. The first-order valence-electron chi connectivity index (χ1n) is 21.8. The number of rotatable bonds is 17. The molecule has 1 saturated heterocycles. The number of nitrogens with zero attached hydrogens (tertiary/aromatic N) is 2. The van der Waals surface area contributed by atoms with E-state index in [1.165, 1.54) is 23.7 Å². The van der Waals surface area contributed by atoms with Gasteiger partial charge in [0.1, 0.15) is 47.7 Å². The Labute approximate surface area is 444 Å². The molecule has 2 heterocycles. The number of halogens is 8. The van der Waals surface area contributed by atoms with Crippen molar-refractivity contribution in [3.63, 3.8) is 0 Å². The Hall–Kier alpha value is -4.60. The van der Waals surface area contributed by atoms with E-state index in [0.717, 1.165) is 48.4 Å². The van der Waals surface area contributed by atoms with Gasteiger partial charge in [-0.2, -0.15) is 13.2 Å². The Morgan fingerprint density at radius 3 is 2.15 bits per heavy atom. The predicted octanol–water partition coefficient (Wildman–Crippen LogP) is 11.0. The third kappa shape index (κ3) is 20.9. The molecule has 3 unspecified atom stereocenters. The summed E-state index contributed by atoms with van der Waals surface area (Å²) in [5.74, 6) is -3.36. The fourth-order valence-corrected chi connectivity index (χ4v) is 7.78. The van der Waals surface area contributed by atoms with Crippen LogP contribution >= 0.6 is 65.4 Å². The number of carboxylic acid groups (broad SMARTS) is 2. The van der Waals surface area contributed by atoms with Crippen molar-refractivity contribution in [1.29, 1.82) is 0 Å². The number of carboxylic acids is 2. The highest BCUT2D eigenvalue weighted by molar-refractivity contribution is 7.57. The van der Waals surface area contributed by atoms with E-state index in [-0.39, 0.29) is 70.2 Å². The largest absolute Gasteiger partial charge is 0.480 e. The summed E-state index contributed by atoms with van der Waals surface area (Å²) in [5, 5.41) is 16.7. The van der Waals surface area contributed by atoms with E-state index in [1.54, 1.807) is 31.1 Å². The van der Waals surface area contributed by atoms with Crippen LogP contribution in [0.1, 0.15) is 80.0 Å². The zero-order valence-corrected chi connectivity index (χ0v) is 45.1. The Kier molecular flexibility index (Phi) is 26.1. The van der Waals surface area contributed by atoms with E-state index < -0.39 is 59.7 Å². The van der Waals surface area contributed by atoms with Crippen molar-refractivity contribution < 1.29 is 80.2 Å². The quantitative estimate of drug-likeness (QED) is 0.0332. The van der Waals surface area contributed by atoms with Crippen molar-refractivity contribution >= 4 is 101 Å². The van der Waals surface area contributed by atoms with E-state index in [2.05, 4.69) is 6.92 Å². The fourth-order valence-electron chi connectivity index (χ4n) is 6.23. The summed E-state index contributed by atoms with van der Waals surface area (Å²) in [6, 6.07) is 14.9. The van der Waals surface area contributed by atoms with E-state index in [4.69, 9.17) is 102 Å². The van der Waals surface area contributed by atoms with E-state index in [1.807, 2.05) is 38.1 Å². The number of amides is 2. The van der Waals surface area contributed by atoms with Crippen molar-refractivity contribution in [3.05, 3.63) is 111 Å². The molecule has 73 heavy (non-hydrogen) atoms. The van der Waals surface area contributed by atoms with Crippen LogP contribution in [0.5, 0.6) is 11.5 Å². The van der Waals surface area contributed by atoms with E-state index >= 15 is 0 Å². The Morgan fingerprint density at radius 1 is 0.986 bits per heavy atom. The van der Waals surface area contributed by atoms with Gasteiger partial charge in [0, 0.05) is 19.4 Å². The minimum Gasteiger partial charge on any atom is -0.480 e. The second-order valence-electron chi connectivity index (χ2n) is 16.1. The maximum Gasteiger partial charge on any atom is 0.416 e. The van der Waals surface area contributed by atoms with Gasteiger partial charge in [0.2, 0.25) is 5.91 Å². The molecule has 3 aromatic carbocycles. The van der Waals surface area contributed by atoms with Gasteiger partial charge in [-0.25, -0.2) is 9.59 Å². The summed E-state index contributed by atoms with van der Waals surface area (Å²) in [7, 11) is -3.10. The number of carbonyl (C=O) groups excluding carboxylic acids is 3. The van der Waals surface area contributed by atoms with Crippen LogP contribution in [0.25, 0.3) is 0 Å². The minimum absolute atomic E-state index is 0.0246. The van der Waals surface area contributed by atoms with Gasteiger partial charge in [-0.05, 0) is 107 Å². The van der Waals surface area contributed by atoms with E-state index in [9.17, 15) is 41.7 Å². The summed E-state index contributed by atoms with van der Waals surface area (Å²) in [6.45, 7) is 13.1. The first-order chi connectivity index (χ1) is 33.9. The van der Waals surface area contributed by atoms with Crippen LogP contribution < -0.4 is 15.4 Å². The summed E-state index contributed by atoms with van der Waals surface area (Å²) in [6.07, 6.45) is -3.80. The molecule has 0 saturated carbocycles. The number of ether oxygens (including phenoxy) is 4. The molecule has 1 fully saturated rings. The number of hydrogen-bond acceptors (Lipinski definition) is 12. The molecule has 5 rings (SSSR count). The van der Waals surface area contributed by atoms with Crippen molar-refractivity contribution in [1.82, 2.24) is 4.90 Å². The molecular weight excluding hydrogens is 1100 g/mol. The lowest BCUT2D eigenvalue weighted by Crippen LogP contribution is -2.45. The number of furan rings is 1. The van der Waals surface area contributed by atoms with Gasteiger partial charge in [0.15, 0.2) is 18.3 Å². The second-order valence-corrected chi connectivity index (χ2v) is 20.8. The number of aryl methyl sites for hydroxylation is 2. The molecule has 0 aliphatic carbocycles. The molecule has 0 bridgehead atoms. The number of benzene rings is 3. The van der Waals surface area contributed by atoms with Gasteiger partial charge in [0.25, 0.3) is 5.91 Å². The lowest BCUT2D eigenvalue weighted by atomic mass is 10.0. The topological polar surface area (TPSA) is 246 Å². The lowest BCUT2D eigenvalue weighted by Gasteiger charge is -2.29. The van der Waals surface area contributed by atoms with Crippen molar-refractivity contribution in [2.24, 2.45) is 5.73 Å². The van der Waals surface area contributed by atoms with Crippen LogP contribution in [0.2, 0.25) is 10.0 Å². The first kappa shape index (κ1) is 64.5. The van der Waals surface area contributed by atoms with E-state index in [0.29, 0.717) is 25.0 Å². The average molecular weight is 1150 g/mol. The molecule has 5 N–H and O–H groups in total. The van der Waals surface area contributed by atoms with Crippen LogP contribution in [0, 0.1) is 6.92 Å². The second kappa shape index (κ2) is 29.5. The van der Waals surface area contributed by atoms with Crippen molar-refractivity contribution in [2.75, 3.05) is 43.5 Å². The number of para-hydroxylation sites is 1. The third-order valence-electron chi connectivity index (χ3n) is 10.0. The lowest BCUT2D eigenvalue weighted by molar-refractivity contribution is -0.146. The highest BCUT2D eigenvalue weighted by Gasteiger charge is 2.45. The highest BCUT2D eigenvalue weighted by Crippen LogP contribution is 2.39. The van der Waals surface area contributed by atoms with Crippen molar-refractivity contribution in [3.8, 4) is 11.5 Å². The number of nitrogens with two attached hydrogens (primary N) is 1. The zero-order valence-electron chi connectivity index (χ0n) is 40.5. The van der Waals surface area contributed by atoms with Crippen LogP contribution in [-0.2, 0) is 50.6 Å². The Morgan fingerprint density at radius 2 is 1.64 bits per heavy atom. The van der Waals surface area contributed by atoms with Crippen LogP contribution in [-0.4, -0.2) is 111 Å². The van der Waals surface area contributed by atoms with Gasteiger partial charge < -0.3 is 49.1 Å². The molecule has 17 nitrogen and oxygen atoms in total. The molecule has 0 spiro atoms. The van der Waals surface area contributed by atoms with Crippen LogP contribution in [0.3, 0.4) is 0 Å². The minimum atomic E-state index is -4.56. The molecular formula is C47H56Cl5F3N3O14P. The highest BCUT2D eigenvalue weighted by atomic mass is 35.5. The van der Waals surface area contributed by atoms with Gasteiger partial charge in [-0.3, -0.25) is 23.8 Å². The molecule has 1 aliphatic rings. The maximum absolute atomic E-state index is 12.7. The van der Waals surface area contributed by atoms with Gasteiger partial charge in [-0.15, -0.1) is 11.6 Å². The molecule has 4 aromatic rings.